The van der Waals surface area contributed by atoms with E-state index < -0.39 is 36.1 Å². The van der Waals surface area contributed by atoms with Crippen LogP contribution in [0.2, 0.25) is 0 Å². The van der Waals surface area contributed by atoms with Gasteiger partial charge in [0.15, 0.2) is 0 Å². The Morgan fingerprint density at radius 1 is 1.10 bits per heavy atom. The number of alkyl halides is 6. The fourth-order valence-electron chi connectivity index (χ4n) is 5.98. The molecule has 1 N–H and O–H groups in total. The molecule has 1 amide bonds. The fraction of sp³-hybridized carbons (Fsp3) is 0.692. The van der Waals surface area contributed by atoms with Crippen LogP contribution in [0.25, 0.3) is 0 Å². The van der Waals surface area contributed by atoms with Crippen LogP contribution in [0.4, 0.5) is 36.8 Å². The fourth-order valence-corrected chi connectivity index (χ4v) is 5.98. The predicted molar refractivity (Wildman–Crippen MR) is 133 cm³/mol. The molecular weight excluding hydrogens is 546 g/mol. The quantitative estimate of drug-likeness (QED) is 0.484. The number of aliphatic carboxylic acids is 1. The molecule has 0 saturated carbocycles. The number of rotatable bonds is 7. The van der Waals surface area contributed by atoms with Crippen molar-refractivity contribution in [1.29, 1.82) is 0 Å². The minimum atomic E-state index is -5.76. The number of carboxylic acids is 1. The maximum atomic E-state index is 12.8. The van der Waals surface area contributed by atoms with E-state index in [0.717, 1.165) is 34.7 Å². The first-order valence-corrected chi connectivity index (χ1v) is 13.1. The van der Waals surface area contributed by atoms with E-state index in [1.807, 2.05) is 37.9 Å². The van der Waals surface area contributed by atoms with Crippen LogP contribution in [-0.2, 0) is 16.1 Å². The van der Waals surface area contributed by atoms with Crippen molar-refractivity contribution in [2.75, 3.05) is 44.7 Å². The number of hydrogen-bond acceptors (Lipinski definition) is 6. The molecule has 3 saturated heterocycles. The first-order chi connectivity index (χ1) is 18.5. The number of aryl methyl sites for hydroxylation is 1. The molecule has 1 aromatic carbocycles. The summed E-state index contributed by atoms with van der Waals surface area (Å²) in [7, 11) is 1.91. The standard InChI is InChI=1S/C26H34F6N4O4/c1-16-4-5-17(20(10-16)36-14-18-11-19(36)13-35(18)15-21(37)38)12-33(3)24(2)6-8-34(9-7-24)23(39)40-22(25(27,28)29)26(30,31)32/h4-5,10,18-19,22H,6-9,11-15H2,1-3H3,(H,37,38). The Morgan fingerprint density at radius 2 is 1.73 bits per heavy atom. The number of benzene rings is 1. The Hall–Kier alpha value is -2.74. The molecule has 224 valence electrons. The first kappa shape index (κ1) is 30.2. The van der Waals surface area contributed by atoms with Crippen LogP contribution >= 0.6 is 0 Å². The molecule has 40 heavy (non-hydrogen) atoms. The number of hydrogen-bond donors (Lipinski definition) is 1. The average Bonchev–Trinajstić information content (AvgIpc) is 3.42. The number of piperazine rings is 1. The molecule has 4 rings (SSSR count). The third-order valence-corrected chi connectivity index (χ3v) is 8.48. The van der Waals surface area contributed by atoms with Crippen molar-refractivity contribution in [3.63, 3.8) is 0 Å². The van der Waals surface area contributed by atoms with Crippen LogP contribution in [0, 0.1) is 6.92 Å². The summed E-state index contributed by atoms with van der Waals surface area (Å²) in [5.74, 6) is -0.843. The Morgan fingerprint density at radius 3 is 2.25 bits per heavy atom. The Bertz CT molecular complexity index is 1090. The van der Waals surface area contributed by atoms with Crippen molar-refractivity contribution in [3.8, 4) is 0 Å². The summed E-state index contributed by atoms with van der Waals surface area (Å²) in [5.41, 5.74) is 2.76. The molecule has 0 aromatic heterocycles. The van der Waals surface area contributed by atoms with Gasteiger partial charge in [0.1, 0.15) is 0 Å². The highest BCUT2D eigenvalue weighted by Gasteiger charge is 2.60. The van der Waals surface area contributed by atoms with E-state index in [0.29, 0.717) is 25.9 Å². The summed E-state index contributed by atoms with van der Waals surface area (Å²) in [6.45, 7) is 5.83. The van der Waals surface area contributed by atoms with Crippen LogP contribution in [0.1, 0.15) is 37.3 Å². The predicted octanol–water partition coefficient (Wildman–Crippen LogP) is 4.26. The third kappa shape index (κ3) is 6.42. The lowest BCUT2D eigenvalue weighted by atomic mass is 9.87. The van der Waals surface area contributed by atoms with Crippen molar-refractivity contribution in [2.24, 2.45) is 0 Å². The maximum absolute atomic E-state index is 12.8. The lowest BCUT2D eigenvalue weighted by Gasteiger charge is -2.45. The molecule has 8 nitrogen and oxygen atoms in total. The lowest BCUT2D eigenvalue weighted by Crippen LogP contribution is -2.54. The number of carbonyl (C=O) groups is 2. The molecule has 1 aromatic rings. The highest BCUT2D eigenvalue weighted by molar-refractivity contribution is 5.69. The van der Waals surface area contributed by atoms with Gasteiger partial charge in [0.2, 0.25) is 0 Å². The summed E-state index contributed by atoms with van der Waals surface area (Å²) in [4.78, 5) is 30.7. The van der Waals surface area contributed by atoms with Crippen LogP contribution in [0.15, 0.2) is 18.2 Å². The molecule has 14 heteroatoms. The van der Waals surface area contributed by atoms with Crippen molar-refractivity contribution < 1.29 is 45.8 Å². The highest BCUT2D eigenvalue weighted by atomic mass is 19.4. The third-order valence-electron chi connectivity index (χ3n) is 8.48. The zero-order valence-electron chi connectivity index (χ0n) is 22.6. The second-order valence-corrected chi connectivity index (χ2v) is 11.3. The van der Waals surface area contributed by atoms with Gasteiger partial charge in [0.25, 0.3) is 6.10 Å². The molecule has 2 bridgehead atoms. The van der Waals surface area contributed by atoms with Crippen molar-refractivity contribution in [3.05, 3.63) is 29.3 Å². The summed E-state index contributed by atoms with van der Waals surface area (Å²) in [5, 5.41) is 9.18. The number of piperidine rings is 1. The molecular formula is C26H34F6N4O4. The Kier molecular flexibility index (Phi) is 8.25. The van der Waals surface area contributed by atoms with Crippen molar-refractivity contribution in [1.82, 2.24) is 14.7 Å². The summed E-state index contributed by atoms with van der Waals surface area (Å²) in [6.07, 6.45) is -15.8. The van der Waals surface area contributed by atoms with Crippen molar-refractivity contribution in [2.45, 2.75) is 75.7 Å². The van der Waals surface area contributed by atoms with E-state index in [2.05, 4.69) is 20.6 Å². The Labute approximate surface area is 228 Å². The van der Waals surface area contributed by atoms with Gasteiger partial charge in [-0.3, -0.25) is 14.6 Å². The van der Waals surface area contributed by atoms with Gasteiger partial charge in [0.05, 0.1) is 6.54 Å². The smallest absolute Gasteiger partial charge is 0.434 e. The van der Waals surface area contributed by atoms with Gasteiger partial charge in [-0.15, -0.1) is 0 Å². The Balaban J connectivity index is 1.39. The second kappa shape index (κ2) is 10.9. The molecule has 3 aliphatic heterocycles. The second-order valence-electron chi connectivity index (χ2n) is 11.3. The van der Waals surface area contributed by atoms with Gasteiger partial charge in [-0.25, -0.2) is 4.79 Å². The van der Waals surface area contributed by atoms with E-state index in [1.54, 1.807) is 0 Å². The molecule has 2 atom stereocenters. The average molecular weight is 581 g/mol. The van der Waals surface area contributed by atoms with Crippen LogP contribution in [0.3, 0.4) is 0 Å². The molecule has 3 heterocycles. The van der Waals surface area contributed by atoms with Gasteiger partial charge < -0.3 is 19.6 Å². The molecule has 3 aliphatic rings. The normalized spacial score (nSPS) is 23.4. The van der Waals surface area contributed by atoms with E-state index >= 15 is 0 Å². The number of likely N-dealkylation sites (tertiary alicyclic amines) is 2. The molecule has 3 fully saturated rings. The van der Waals surface area contributed by atoms with Gasteiger partial charge in [-0.2, -0.15) is 26.3 Å². The van der Waals surface area contributed by atoms with E-state index in [1.165, 1.54) is 0 Å². The number of amides is 1. The minimum Gasteiger partial charge on any atom is -0.480 e. The van der Waals surface area contributed by atoms with Crippen LogP contribution in [0.5, 0.6) is 0 Å². The number of fused-ring (bicyclic) bond motifs is 2. The van der Waals surface area contributed by atoms with Gasteiger partial charge in [-0.1, -0.05) is 12.1 Å². The number of ether oxygens (including phenoxy) is 1. The van der Waals surface area contributed by atoms with Gasteiger partial charge in [-0.05, 0) is 57.4 Å². The summed E-state index contributed by atoms with van der Waals surface area (Å²) < 4.78 is 80.8. The van der Waals surface area contributed by atoms with E-state index in [-0.39, 0.29) is 31.7 Å². The highest BCUT2D eigenvalue weighted by Crippen LogP contribution is 2.39. The minimum absolute atomic E-state index is 0.0222. The number of halogens is 6. The first-order valence-electron chi connectivity index (χ1n) is 13.1. The molecule has 0 aliphatic carbocycles. The maximum Gasteiger partial charge on any atom is 0.434 e. The topological polar surface area (TPSA) is 76.6 Å². The lowest BCUT2D eigenvalue weighted by molar-refractivity contribution is -0.308. The van der Waals surface area contributed by atoms with E-state index in [9.17, 15) is 41.0 Å². The molecule has 0 spiro atoms. The van der Waals surface area contributed by atoms with Gasteiger partial charge >= 0.3 is 24.4 Å². The zero-order chi connectivity index (χ0) is 29.6. The SMILES string of the molecule is Cc1ccc(CN(C)C2(C)CCN(C(=O)OC(C(F)(F)F)C(F)(F)F)CC2)c(N2CC3CC2CN3CC(=O)O)c1. The number of carbonyl (C=O) groups excluding carboxylic acids is 1. The largest absolute Gasteiger partial charge is 0.480 e. The number of anilines is 1. The monoisotopic (exact) mass is 580 g/mol. The number of nitrogens with zero attached hydrogens (tertiary/aromatic N) is 4. The van der Waals surface area contributed by atoms with Gasteiger partial charge in [0, 0.05) is 56.0 Å². The summed E-state index contributed by atoms with van der Waals surface area (Å²) >= 11 is 0. The molecule has 2 unspecified atom stereocenters. The van der Waals surface area contributed by atoms with Crippen LogP contribution < -0.4 is 4.90 Å². The summed E-state index contributed by atoms with van der Waals surface area (Å²) in [6, 6.07) is 6.55. The van der Waals surface area contributed by atoms with E-state index in [4.69, 9.17) is 0 Å². The van der Waals surface area contributed by atoms with Crippen molar-refractivity contribution >= 4 is 17.7 Å². The van der Waals surface area contributed by atoms with Crippen LogP contribution in [-0.4, -0.2) is 108 Å². The zero-order valence-corrected chi connectivity index (χ0v) is 22.6. The molecule has 0 radical (unpaired) electrons. The number of carboxylic acid groups (broad SMARTS) is 1.